The lowest BCUT2D eigenvalue weighted by molar-refractivity contribution is 0.415. The summed E-state index contributed by atoms with van der Waals surface area (Å²) in [6.07, 6.45) is 0.919. The van der Waals surface area contributed by atoms with Crippen LogP contribution in [0.5, 0.6) is 5.75 Å². The van der Waals surface area contributed by atoms with Gasteiger partial charge in [-0.3, -0.25) is 0 Å². The predicted octanol–water partition coefficient (Wildman–Crippen LogP) is 2.48. The molecule has 0 atom stereocenters. The zero-order valence-electron chi connectivity index (χ0n) is 10.8. The lowest BCUT2D eigenvalue weighted by atomic mass is 10.1. The summed E-state index contributed by atoms with van der Waals surface area (Å²) in [4.78, 5) is 0. The van der Waals surface area contributed by atoms with Crippen molar-refractivity contribution in [2.45, 2.75) is 26.8 Å². The summed E-state index contributed by atoms with van der Waals surface area (Å²) >= 11 is 0. The van der Waals surface area contributed by atoms with Crippen LogP contribution in [0.4, 0.5) is 0 Å². The first-order chi connectivity index (χ1) is 8.22. The molecule has 0 bridgehead atoms. The van der Waals surface area contributed by atoms with Crippen LogP contribution in [0.2, 0.25) is 0 Å². The minimum absolute atomic E-state index is 0.681. The molecule has 17 heavy (non-hydrogen) atoms. The van der Waals surface area contributed by atoms with Crippen molar-refractivity contribution in [1.82, 2.24) is 4.57 Å². The van der Waals surface area contributed by atoms with E-state index in [0.29, 0.717) is 6.54 Å². The Bertz CT molecular complexity index is 528. The van der Waals surface area contributed by atoms with Crippen LogP contribution in [0.15, 0.2) is 18.2 Å². The molecule has 0 fully saturated rings. The van der Waals surface area contributed by atoms with Gasteiger partial charge in [-0.05, 0) is 50.6 Å². The van der Waals surface area contributed by atoms with Gasteiger partial charge in [-0.2, -0.15) is 0 Å². The molecule has 1 aromatic heterocycles. The molecule has 0 unspecified atom stereocenters. The lowest BCUT2D eigenvalue weighted by Crippen LogP contribution is -2.04. The normalized spacial score (nSPS) is 11.1. The standard InChI is InChI=1S/C14H20N2O/c1-4-16-10(2)12(7-8-15)13-9-11(17-3)5-6-14(13)16/h5-6,9H,4,7-8,15H2,1-3H3. The summed E-state index contributed by atoms with van der Waals surface area (Å²) < 4.78 is 7.63. The Morgan fingerprint density at radius 2 is 2.12 bits per heavy atom. The maximum atomic E-state index is 5.70. The highest BCUT2D eigenvalue weighted by Crippen LogP contribution is 2.29. The number of aryl methyl sites for hydroxylation is 1. The van der Waals surface area contributed by atoms with Crippen molar-refractivity contribution in [2.24, 2.45) is 5.73 Å². The van der Waals surface area contributed by atoms with Crippen LogP contribution < -0.4 is 10.5 Å². The molecule has 0 saturated heterocycles. The van der Waals surface area contributed by atoms with Crippen LogP contribution in [0.25, 0.3) is 10.9 Å². The average Bonchev–Trinajstić information content (AvgIpc) is 2.62. The number of fused-ring (bicyclic) bond motifs is 1. The molecule has 1 heterocycles. The molecule has 0 amide bonds. The number of nitrogens with zero attached hydrogens (tertiary/aromatic N) is 1. The molecular weight excluding hydrogens is 212 g/mol. The molecule has 2 rings (SSSR count). The lowest BCUT2D eigenvalue weighted by Gasteiger charge is -2.04. The van der Waals surface area contributed by atoms with Gasteiger partial charge in [-0.25, -0.2) is 0 Å². The molecule has 92 valence electrons. The van der Waals surface area contributed by atoms with Crippen LogP contribution >= 0.6 is 0 Å². The summed E-state index contributed by atoms with van der Waals surface area (Å²) in [5.74, 6) is 0.907. The van der Waals surface area contributed by atoms with Crippen LogP contribution in [-0.4, -0.2) is 18.2 Å². The zero-order valence-corrected chi connectivity index (χ0v) is 10.8. The van der Waals surface area contributed by atoms with E-state index in [2.05, 4.69) is 30.5 Å². The monoisotopic (exact) mass is 232 g/mol. The van der Waals surface area contributed by atoms with Crippen LogP contribution in [0, 0.1) is 6.92 Å². The highest BCUT2D eigenvalue weighted by atomic mass is 16.5. The average molecular weight is 232 g/mol. The van der Waals surface area contributed by atoms with E-state index >= 15 is 0 Å². The second-order valence-electron chi connectivity index (χ2n) is 4.23. The van der Waals surface area contributed by atoms with Gasteiger partial charge in [0.15, 0.2) is 0 Å². The van der Waals surface area contributed by atoms with Gasteiger partial charge < -0.3 is 15.0 Å². The second kappa shape index (κ2) is 4.80. The summed E-state index contributed by atoms with van der Waals surface area (Å²) in [5, 5.41) is 1.27. The predicted molar refractivity (Wildman–Crippen MR) is 71.7 cm³/mol. The van der Waals surface area contributed by atoms with E-state index in [0.717, 1.165) is 18.7 Å². The molecule has 3 heteroatoms. The molecule has 0 aliphatic carbocycles. The third-order valence-corrected chi connectivity index (χ3v) is 3.37. The zero-order chi connectivity index (χ0) is 12.4. The first kappa shape index (κ1) is 12.0. The maximum Gasteiger partial charge on any atom is 0.119 e. The fourth-order valence-electron chi connectivity index (χ4n) is 2.53. The molecule has 2 N–H and O–H groups in total. The van der Waals surface area contributed by atoms with Crippen LogP contribution in [-0.2, 0) is 13.0 Å². The highest BCUT2D eigenvalue weighted by Gasteiger charge is 2.12. The molecule has 0 spiro atoms. The SMILES string of the molecule is CCn1c(C)c(CCN)c2cc(OC)ccc21. The molecule has 0 radical (unpaired) electrons. The number of benzene rings is 1. The molecule has 3 nitrogen and oxygen atoms in total. The maximum absolute atomic E-state index is 5.70. The molecule has 1 aromatic carbocycles. The van der Waals surface area contributed by atoms with Gasteiger partial charge in [0.25, 0.3) is 0 Å². The number of hydrogen-bond donors (Lipinski definition) is 1. The molecular formula is C14H20N2O. The number of ether oxygens (including phenoxy) is 1. The fraction of sp³-hybridized carbons (Fsp3) is 0.429. The van der Waals surface area contributed by atoms with Crippen molar-refractivity contribution < 1.29 is 4.74 Å². The highest BCUT2D eigenvalue weighted by molar-refractivity contribution is 5.87. The number of hydrogen-bond acceptors (Lipinski definition) is 2. The van der Waals surface area contributed by atoms with Gasteiger partial charge in [-0.1, -0.05) is 0 Å². The summed E-state index contributed by atoms with van der Waals surface area (Å²) in [6, 6.07) is 6.25. The Morgan fingerprint density at radius 1 is 1.35 bits per heavy atom. The smallest absolute Gasteiger partial charge is 0.119 e. The van der Waals surface area contributed by atoms with E-state index in [-0.39, 0.29) is 0 Å². The summed E-state index contributed by atoms with van der Waals surface area (Å²) in [5.41, 5.74) is 9.64. The minimum atomic E-state index is 0.681. The van der Waals surface area contributed by atoms with Gasteiger partial charge in [0.05, 0.1) is 7.11 Å². The number of aromatic nitrogens is 1. The Labute approximate surface area is 102 Å². The van der Waals surface area contributed by atoms with Gasteiger partial charge in [0.1, 0.15) is 5.75 Å². The van der Waals surface area contributed by atoms with Crippen molar-refractivity contribution in [2.75, 3.05) is 13.7 Å². The summed E-state index contributed by atoms with van der Waals surface area (Å²) in [7, 11) is 1.70. The van der Waals surface area contributed by atoms with E-state index in [1.165, 1.54) is 22.2 Å². The van der Waals surface area contributed by atoms with Crippen molar-refractivity contribution >= 4 is 10.9 Å². The first-order valence-corrected chi connectivity index (χ1v) is 6.08. The minimum Gasteiger partial charge on any atom is -0.497 e. The Balaban J connectivity index is 2.71. The summed E-state index contributed by atoms with van der Waals surface area (Å²) in [6.45, 7) is 6.00. The van der Waals surface area contributed by atoms with E-state index in [4.69, 9.17) is 10.5 Å². The van der Waals surface area contributed by atoms with E-state index in [9.17, 15) is 0 Å². The van der Waals surface area contributed by atoms with Gasteiger partial charge >= 0.3 is 0 Å². The van der Waals surface area contributed by atoms with E-state index in [1.54, 1.807) is 7.11 Å². The fourth-order valence-corrected chi connectivity index (χ4v) is 2.53. The largest absolute Gasteiger partial charge is 0.497 e. The van der Waals surface area contributed by atoms with Gasteiger partial charge in [0, 0.05) is 23.1 Å². The van der Waals surface area contributed by atoms with Crippen LogP contribution in [0.3, 0.4) is 0 Å². The molecule has 0 saturated carbocycles. The van der Waals surface area contributed by atoms with Gasteiger partial charge in [-0.15, -0.1) is 0 Å². The van der Waals surface area contributed by atoms with E-state index in [1.807, 2.05) is 6.07 Å². The van der Waals surface area contributed by atoms with E-state index < -0.39 is 0 Å². The Kier molecular flexibility index (Phi) is 3.38. The van der Waals surface area contributed by atoms with Crippen LogP contribution in [0.1, 0.15) is 18.2 Å². The van der Waals surface area contributed by atoms with Crippen molar-refractivity contribution in [3.05, 3.63) is 29.5 Å². The van der Waals surface area contributed by atoms with Crippen molar-refractivity contribution in [3.63, 3.8) is 0 Å². The second-order valence-corrected chi connectivity index (χ2v) is 4.23. The third-order valence-electron chi connectivity index (χ3n) is 3.37. The number of methoxy groups -OCH3 is 1. The quantitative estimate of drug-likeness (QED) is 0.879. The number of rotatable bonds is 4. The number of nitrogens with two attached hydrogens (primary N) is 1. The molecule has 0 aliphatic heterocycles. The van der Waals surface area contributed by atoms with Gasteiger partial charge in [0.2, 0.25) is 0 Å². The molecule has 2 aromatic rings. The first-order valence-electron chi connectivity index (χ1n) is 6.08. The molecule has 0 aliphatic rings. The Morgan fingerprint density at radius 3 is 2.71 bits per heavy atom. The Hall–Kier alpha value is -1.48. The third kappa shape index (κ3) is 1.91. The topological polar surface area (TPSA) is 40.2 Å². The van der Waals surface area contributed by atoms with Crippen molar-refractivity contribution in [3.8, 4) is 5.75 Å². The van der Waals surface area contributed by atoms with Crippen molar-refractivity contribution in [1.29, 1.82) is 0 Å².